The third-order valence-electron chi connectivity index (χ3n) is 3.17. The number of hydrogen-bond acceptors (Lipinski definition) is 8. The molecule has 4 aromatic rings. The number of rotatable bonds is 4. The van der Waals surface area contributed by atoms with Crippen LogP contribution in [0.4, 0.5) is 0 Å². The van der Waals surface area contributed by atoms with E-state index in [1.807, 2.05) is 0 Å². The van der Waals surface area contributed by atoms with Crippen LogP contribution in [0.5, 0.6) is 0 Å². The van der Waals surface area contributed by atoms with E-state index in [-0.39, 0.29) is 34.9 Å². The fourth-order valence-corrected chi connectivity index (χ4v) is 1.63. The van der Waals surface area contributed by atoms with Crippen LogP contribution in [0.2, 0.25) is 0 Å². The maximum atomic E-state index is 10.5. The van der Waals surface area contributed by atoms with Crippen molar-refractivity contribution >= 4 is 23.9 Å². The summed E-state index contributed by atoms with van der Waals surface area (Å²) in [6.45, 7) is 0. The molecule has 0 amide bonds. The molecule has 12 nitrogen and oxygen atoms in total. The van der Waals surface area contributed by atoms with E-state index in [1.54, 1.807) is 6.07 Å². The van der Waals surface area contributed by atoms with Crippen LogP contribution in [0.3, 0.4) is 0 Å². The first-order valence-corrected chi connectivity index (χ1v) is 9.12. The van der Waals surface area contributed by atoms with Crippen LogP contribution < -0.4 is 0 Å². The lowest BCUT2D eigenvalue weighted by Crippen LogP contribution is -1.94. The zero-order valence-electron chi connectivity index (χ0n) is 25.8. The molecule has 0 aliphatic rings. The van der Waals surface area contributed by atoms with Crippen molar-refractivity contribution in [2.45, 2.75) is 0 Å². The minimum atomic E-state index is -1.48. The number of nitrogens with zero attached hydrogens (tertiary/aromatic N) is 4. The van der Waals surface area contributed by atoms with Crippen molar-refractivity contribution in [1.82, 2.24) is 19.9 Å². The molecule has 36 heavy (non-hydrogen) atoms. The van der Waals surface area contributed by atoms with Crippen LogP contribution in [0.1, 0.15) is 52.4 Å². The van der Waals surface area contributed by atoms with E-state index in [2.05, 4.69) is 19.9 Å². The average molecular weight is 500 g/mol. The molecule has 4 N–H and O–H groups in total. The second-order valence-corrected chi connectivity index (χ2v) is 5.61. The van der Waals surface area contributed by atoms with Gasteiger partial charge in [-0.3, -0.25) is 19.9 Å². The third-order valence-corrected chi connectivity index (χ3v) is 3.17. The van der Waals surface area contributed by atoms with Gasteiger partial charge in [0.1, 0.15) is 0 Å². The van der Waals surface area contributed by atoms with Gasteiger partial charge in [0.25, 0.3) is 0 Å². The molecule has 0 bridgehead atoms. The summed E-state index contributed by atoms with van der Waals surface area (Å²) in [5.74, 6) is -4.84. The molecule has 0 unspecified atom stereocenters. The van der Waals surface area contributed by atoms with Gasteiger partial charge in [-0.1, -0.05) is 0 Å². The highest BCUT2D eigenvalue weighted by Crippen LogP contribution is 1.95. The van der Waals surface area contributed by atoms with Gasteiger partial charge in [0.05, 0.1) is 33.2 Å². The molecular weight excluding hydrogens is 472 g/mol. The van der Waals surface area contributed by atoms with Gasteiger partial charge >= 0.3 is 23.9 Å². The topological polar surface area (TPSA) is 201 Å². The van der Waals surface area contributed by atoms with Crippen LogP contribution in [0, 0.1) is 0 Å². The fraction of sp³-hybridized carbons (Fsp3) is 0. The van der Waals surface area contributed by atoms with Gasteiger partial charge in [-0.2, -0.15) is 0 Å². The maximum Gasteiger partial charge on any atom is 0.337 e. The van der Waals surface area contributed by atoms with E-state index in [0.717, 1.165) is 12.3 Å². The van der Waals surface area contributed by atoms with Gasteiger partial charge in [0.15, 0.2) is 0 Å². The van der Waals surface area contributed by atoms with Gasteiger partial charge in [0, 0.05) is 49.5 Å². The fourth-order valence-electron chi connectivity index (χ4n) is 1.63. The molecule has 0 fully saturated rings. The van der Waals surface area contributed by atoms with Crippen LogP contribution in [-0.2, 0) is 0 Å². The summed E-state index contributed by atoms with van der Waals surface area (Å²) in [6.07, 6.45) is 3.31. The van der Waals surface area contributed by atoms with E-state index in [4.69, 9.17) is 31.4 Å². The van der Waals surface area contributed by atoms with Gasteiger partial charge in [-0.15, -0.1) is 0 Å². The van der Waals surface area contributed by atoms with Crippen LogP contribution >= 0.6 is 0 Å². The summed E-state index contributed by atoms with van der Waals surface area (Å²) in [5, 5.41) is 33.8. The number of aromatic nitrogens is 4. The van der Waals surface area contributed by atoms with E-state index >= 15 is 0 Å². The smallest absolute Gasteiger partial charge is 0.337 e. The standard InChI is InChI=1S/4C6H5NO2/c4*8-6(9)5-2-1-3-7-4-5/h4*1-4H,(H,8,9)/i1D,2D,3D,4D;1D,3D,4D;2D;. The van der Waals surface area contributed by atoms with E-state index in [9.17, 15) is 19.2 Å². The summed E-state index contributed by atoms with van der Waals surface area (Å²) in [4.78, 5) is 54.9. The number of pyridine rings is 4. The Labute approximate surface area is 215 Å². The van der Waals surface area contributed by atoms with Crippen LogP contribution in [0.15, 0.2) is 97.9 Å². The Balaban J connectivity index is 0.000000296. The Kier molecular flexibility index (Phi) is 8.02. The second-order valence-electron chi connectivity index (χ2n) is 5.61. The molecule has 12 heteroatoms. The Morgan fingerprint density at radius 1 is 0.583 bits per heavy atom. The quantitative estimate of drug-likeness (QED) is 0.319. The normalized spacial score (nSPS) is 12.0. The molecule has 0 saturated heterocycles. The molecule has 184 valence electrons. The van der Waals surface area contributed by atoms with E-state index < -0.39 is 60.0 Å². The monoisotopic (exact) mass is 500 g/mol. The molecule has 0 radical (unpaired) electrons. The first-order valence-electron chi connectivity index (χ1n) is 13.1. The lowest BCUT2D eigenvalue weighted by atomic mass is 10.3. The molecule has 4 heterocycles. The zero-order valence-corrected chi connectivity index (χ0v) is 17.8. The predicted molar refractivity (Wildman–Crippen MR) is 125 cm³/mol. The van der Waals surface area contributed by atoms with Crippen molar-refractivity contribution in [3.05, 3.63) is 120 Å². The molecule has 0 aromatic carbocycles. The number of carboxylic acid groups (broad SMARTS) is 4. The molecule has 0 aliphatic carbocycles. The number of hydrogen-bond donors (Lipinski definition) is 4. The summed E-state index contributed by atoms with van der Waals surface area (Å²) >= 11 is 0. The first-order chi connectivity index (χ1) is 20.5. The highest BCUT2D eigenvalue weighted by Gasteiger charge is 1.99. The van der Waals surface area contributed by atoms with Crippen molar-refractivity contribution in [2.24, 2.45) is 0 Å². The number of carboxylic acids is 4. The van der Waals surface area contributed by atoms with Crippen LogP contribution in [-0.4, -0.2) is 64.2 Å². The lowest BCUT2D eigenvalue weighted by molar-refractivity contribution is 0.0685. The summed E-state index contributed by atoms with van der Waals surface area (Å²) in [7, 11) is 0. The molecule has 4 aromatic heterocycles. The highest BCUT2D eigenvalue weighted by atomic mass is 16.4. The SMILES string of the molecule is O=C(O)c1cccnc1.[2H]c1cc(C(=O)O)c([2H])nc1[2H].[2H]c1ccncc1C(=O)O.[2H]c1nc([2H])c(C(=O)O)c([2H])c1[2H]. The second kappa shape index (κ2) is 16.1. The minimum absolute atomic E-state index is 0.0116. The molecule has 0 atom stereocenters. The van der Waals surface area contributed by atoms with Crippen molar-refractivity contribution < 1.29 is 50.6 Å². The van der Waals surface area contributed by atoms with E-state index in [0.29, 0.717) is 0 Å². The minimum Gasteiger partial charge on any atom is -0.478 e. The van der Waals surface area contributed by atoms with E-state index in [1.165, 1.54) is 30.7 Å². The molecular formula is C24H20N4O8. The predicted octanol–water partition coefficient (Wildman–Crippen LogP) is 3.12. The van der Waals surface area contributed by atoms with Crippen molar-refractivity contribution in [3.8, 4) is 0 Å². The molecule has 0 spiro atoms. The first kappa shape index (κ1) is 17.9. The van der Waals surface area contributed by atoms with Gasteiger partial charge in [-0.25, -0.2) is 19.2 Å². The summed E-state index contributed by atoms with van der Waals surface area (Å²) in [5.41, 5.74) is -0.836. The van der Waals surface area contributed by atoms with Gasteiger partial charge < -0.3 is 20.4 Å². The molecule has 0 aliphatic heterocycles. The maximum absolute atomic E-state index is 10.5. The average Bonchev–Trinajstić information content (AvgIpc) is 2.95. The van der Waals surface area contributed by atoms with Crippen LogP contribution in [0.25, 0.3) is 0 Å². The molecule has 0 saturated carbocycles. The Bertz CT molecular complexity index is 1680. The van der Waals surface area contributed by atoms with Crippen molar-refractivity contribution in [3.63, 3.8) is 0 Å². The number of aromatic carboxylic acids is 4. The Morgan fingerprint density at radius 2 is 1.11 bits per heavy atom. The summed E-state index contributed by atoms with van der Waals surface area (Å²) in [6, 6.07) is 3.85. The van der Waals surface area contributed by atoms with Gasteiger partial charge in [-0.05, 0) is 48.4 Å². The van der Waals surface area contributed by atoms with Crippen molar-refractivity contribution in [1.29, 1.82) is 0 Å². The summed E-state index contributed by atoms with van der Waals surface area (Å²) < 4.78 is 56.5. The largest absolute Gasteiger partial charge is 0.478 e. The number of carbonyl (C=O) groups is 4. The zero-order chi connectivity index (χ0) is 33.7. The third kappa shape index (κ3) is 11.9. The highest BCUT2D eigenvalue weighted by molar-refractivity contribution is 5.88. The Morgan fingerprint density at radius 3 is 1.61 bits per heavy atom. The van der Waals surface area contributed by atoms with Crippen molar-refractivity contribution in [2.75, 3.05) is 0 Å². The Hall–Kier alpha value is -5.52. The molecule has 4 rings (SSSR count). The van der Waals surface area contributed by atoms with Gasteiger partial charge in [0.2, 0.25) is 0 Å². The lowest BCUT2D eigenvalue weighted by Gasteiger charge is -1.87.